The summed E-state index contributed by atoms with van der Waals surface area (Å²) in [6.45, 7) is 0. The molecule has 25 heavy (non-hydrogen) atoms. The lowest BCUT2D eigenvalue weighted by Gasteiger charge is -2.09. The van der Waals surface area contributed by atoms with E-state index in [0.717, 1.165) is 11.8 Å². The zero-order chi connectivity index (χ0) is 18.0. The van der Waals surface area contributed by atoms with Gasteiger partial charge < -0.3 is 9.84 Å². The molecular formula is C15H9F3N2O3S2. The highest BCUT2D eigenvalue weighted by atomic mass is 32.2. The van der Waals surface area contributed by atoms with Crippen molar-refractivity contribution in [3.05, 3.63) is 36.7 Å². The fraction of sp³-hybridized carbons (Fsp3) is 0.133. The van der Waals surface area contributed by atoms with Crippen molar-refractivity contribution in [1.29, 1.82) is 0 Å². The van der Waals surface area contributed by atoms with E-state index in [-0.39, 0.29) is 11.5 Å². The van der Waals surface area contributed by atoms with Gasteiger partial charge in [-0.15, -0.1) is 24.5 Å². The zero-order valence-electron chi connectivity index (χ0n) is 12.3. The number of thioether (sulfide) groups is 1. The van der Waals surface area contributed by atoms with Crippen molar-refractivity contribution in [2.75, 3.05) is 5.75 Å². The second-order valence-electron chi connectivity index (χ2n) is 4.76. The number of hydrogen-bond donors (Lipinski definition) is 1. The van der Waals surface area contributed by atoms with Crippen molar-refractivity contribution >= 4 is 39.3 Å². The number of fused-ring (bicyclic) bond motifs is 1. The number of rotatable bonds is 5. The average Bonchev–Trinajstić information content (AvgIpc) is 2.96. The van der Waals surface area contributed by atoms with Gasteiger partial charge in [-0.05, 0) is 23.8 Å². The molecule has 2 aromatic heterocycles. The van der Waals surface area contributed by atoms with Crippen LogP contribution < -0.4 is 4.74 Å². The summed E-state index contributed by atoms with van der Waals surface area (Å²) in [5, 5.41) is 9.31. The van der Waals surface area contributed by atoms with Crippen LogP contribution in [0.5, 0.6) is 5.75 Å². The molecular weight excluding hydrogens is 377 g/mol. The van der Waals surface area contributed by atoms with Gasteiger partial charge in [-0.3, -0.25) is 4.79 Å². The van der Waals surface area contributed by atoms with E-state index in [1.807, 2.05) is 0 Å². The fourth-order valence-corrected chi connectivity index (χ4v) is 3.97. The second kappa shape index (κ2) is 6.89. The third-order valence-corrected chi connectivity index (χ3v) is 5.25. The number of alkyl halides is 3. The van der Waals surface area contributed by atoms with E-state index in [0.29, 0.717) is 25.7 Å². The van der Waals surface area contributed by atoms with Crippen LogP contribution in [0.4, 0.5) is 13.2 Å². The van der Waals surface area contributed by atoms with Gasteiger partial charge in [0.15, 0.2) is 0 Å². The lowest BCUT2D eigenvalue weighted by molar-refractivity contribution is -0.274. The number of benzene rings is 1. The summed E-state index contributed by atoms with van der Waals surface area (Å²) in [7, 11) is 0. The molecule has 130 valence electrons. The van der Waals surface area contributed by atoms with Crippen LogP contribution in [-0.2, 0) is 4.79 Å². The van der Waals surface area contributed by atoms with Gasteiger partial charge in [-0.1, -0.05) is 23.9 Å². The molecule has 0 bridgehead atoms. The number of hydrogen-bond acceptors (Lipinski definition) is 6. The lowest BCUT2D eigenvalue weighted by Crippen LogP contribution is -2.17. The maximum absolute atomic E-state index is 12.4. The van der Waals surface area contributed by atoms with E-state index in [4.69, 9.17) is 5.11 Å². The molecule has 3 aromatic rings. The Morgan fingerprint density at radius 2 is 2.08 bits per heavy atom. The van der Waals surface area contributed by atoms with Gasteiger partial charge in [0.25, 0.3) is 0 Å². The van der Waals surface area contributed by atoms with Crippen molar-refractivity contribution in [1.82, 2.24) is 9.97 Å². The van der Waals surface area contributed by atoms with Gasteiger partial charge >= 0.3 is 12.3 Å². The fourth-order valence-electron chi connectivity index (χ4n) is 2.05. The first kappa shape index (κ1) is 17.5. The van der Waals surface area contributed by atoms with Crippen LogP contribution in [0.15, 0.2) is 41.7 Å². The number of thiophene rings is 1. The molecule has 3 rings (SSSR count). The standard InChI is InChI=1S/C15H9F3N2O3S2/c16-15(17,18)23-9-3-1-2-8(4-9)11-5-10-13(25-11)14(20-7-19-10)24-6-12(21)22/h1-5,7H,6H2,(H,21,22). The summed E-state index contributed by atoms with van der Waals surface area (Å²) < 4.78 is 41.7. The van der Waals surface area contributed by atoms with E-state index in [9.17, 15) is 18.0 Å². The maximum atomic E-state index is 12.4. The summed E-state index contributed by atoms with van der Waals surface area (Å²) in [5.41, 5.74) is 1.14. The summed E-state index contributed by atoms with van der Waals surface area (Å²) in [6.07, 6.45) is -3.43. The van der Waals surface area contributed by atoms with Crippen LogP contribution in [-0.4, -0.2) is 33.2 Å². The number of halogens is 3. The van der Waals surface area contributed by atoms with E-state index < -0.39 is 12.3 Å². The molecule has 0 aliphatic carbocycles. The molecule has 2 heterocycles. The van der Waals surface area contributed by atoms with Gasteiger partial charge in [0, 0.05) is 4.88 Å². The first-order valence-corrected chi connectivity index (χ1v) is 8.57. The Kier molecular flexibility index (Phi) is 4.82. The van der Waals surface area contributed by atoms with Gasteiger partial charge in [-0.2, -0.15) is 0 Å². The van der Waals surface area contributed by atoms with E-state index in [1.165, 1.54) is 35.9 Å². The summed E-state index contributed by atoms with van der Waals surface area (Å²) in [6, 6.07) is 7.35. The van der Waals surface area contributed by atoms with Crippen LogP contribution >= 0.6 is 23.1 Å². The summed E-state index contributed by atoms with van der Waals surface area (Å²) in [5.74, 6) is -1.42. The summed E-state index contributed by atoms with van der Waals surface area (Å²) >= 11 is 2.34. The van der Waals surface area contributed by atoms with Crippen molar-refractivity contribution in [2.45, 2.75) is 11.4 Å². The molecule has 0 saturated carbocycles. The largest absolute Gasteiger partial charge is 0.573 e. The van der Waals surface area contributed by atoms with Crippen molar-refractivity contribution in [2.24, 2.45) is 0 Å². The molecule has 0 amide bonds. The Balaban J connectivity index is 1.95. The number of ether oxygens (including phenoxy) is 1. The predicted molar refractivity (Wildman–Crippen MR) is 87.9 cm³/mol. The number of carboxylic acids is 1. The topological polar surface area (TPSA) is 72.3 Å². The number of carboxylic acid groups (broad SMARTS) is 1. The maximum Gasteiger partial charge on any atom is 0.573 e. The SMILES string of the molecule is O=C(O)CSc1ncnc2cc(-c3cccc(OC(F)(F)F)c3)sc12. The lowest BCUT2D eigenvalue weighted by atomic mass is 10.2. The van der Waals surface area contributed by atoms with Gasteiger partial charge in [0.05, 0.1) is 16.0 Å². The molecule has 1 aromatic carbocycles. The molecule has 0 saturated heterocycles. The van der Waals surface area contributed by atoms with Crippen LogP contribution in [0.1, 0.15) is 0 Å². The molecule has 0 spiro atoms. The third kappa shape index (κ3) is 4.40. The van der Waals surface area contributed by atoms with E-state index >= 15 is 0 Å². The predicted octanol–water partition coefficient (Wildman–Crippen LogP) is 4.43. The van der Waals surface area contributed by atoms with Crippen molar-refractivity contribution in [3.63, 3.8) is 0 Å². The molecule has 5 nitrogen and oxygen atoms in total. The number of aromatic nitrogens is 2. The van der Waals surface area contributed by atoms with Crippen molar-refractivity contribution in [3.8, 4) is 16.2 Å². The molecule has 10 heteroatoms. The van der Waals surface area contributed by atoms with Crippen LogP contribution in [0.3, 0.4) is 0 Å². The molecule has 0 atom stereocenters. The Labute approximate surface area is 147 Å². The molecule has 0 radical (unpaired) electrons. The smallest absolute Gasteiger partial charge is 0.481 e. The highest BCUT2D eigenvalue weighted by molar-refractivity contribution is 8.00. The number of carbonyl (C=O) groups is 1. The van der Waals surface area contributed by atoms with Gasteiger partial charge in [0.1, 0.15) is 17.1 Å². The molecule has 0 fully saturated rings. The normalized spacial score (nSPS) is 11.6. The Bertz CT molecular complexity index is 928. The minimum Gasteiger partial charge on any atom is -0.481 e. The number of aliphatic carboxylic acids is 1. The Morgan fingerprint density at radius 3 is 2.80 bits per heavy atom. The summed E-state index contributed by atoms with van der Waals surface area (Å²) in [4.78, 5) is 19.6. The van der Waals surface area contributed by atoms with Gasteiger partial charge in [0.2, 0.25) is 0 Å². The highest BCUT2D eigenvalue weighted by Gasteiger charge is 2.31. The van der Waals surface area contributed by atoms with E-state index in [2.05, 4.69) is 14.7 Å². The molecule has 0 unspecified atom stereocenters. The average molecular weight is 386 g/mol. The molecule has 1 N–H and O–H groups in total. The highest BCUT2D eigenvalue weighted by Crippen LogP contribution is 2.38. The minimum absolute atomic E-state index is 0.145. The van der Waals surface area contributed by atoms with Crippen LogP contribution in [0.25, 0.3) is 20.7 Å². The quantitative estimate of drug-likeness (QED) is 0.517. The first-order valence-electron chi connectivity index (χ1n) is 6.77. The Hall–Kier alpha value is -2.33. The number of nitrogens with zero attached hydrogens (tertiary/aromatic N) is 2. The second-order valence-corrected chi connectivity index (χ2v) is 6.78. The van der Waals surface area contributed by atoms with Gasteiger partial charge in [-0.25, -0.2) is 9.97 Å². The third-order valence-electron chi connectivity index (χ3n) is 2.96. The Morgan fingerprint density at radius 1 is 1.28 bits per heavy atom. The minimum atomic E-state index is -4.76. The van der Waals surface area contributed by atoms with Crippen LogP contribution in [0.2, 0.25) is 0 Å². The molecule has 0 aliphatic rings. The molecule has 0 aliphatic heterocycles. The van der Waals surface area contributed by atoms with Crippen LogP contribution in [0, 0.1) is 0 Å². The monoisotopic (exact) mass is 386 g/mol. The van der Waals surface area contributed by atoms with Crippen molar-refractivity contribution < 1.29 is 27.8 Å². The first-order chi connectivity index (χ1) is 11.8. The zero-order valence-corrected chi connectivity index (χ0v) is 13.9. The van der Waals surface area contributed by atoms with E-state index in [1.54, 1.807) is 12.1 Å².